The molecule has 2 aromatic heterocycles. The second kappa shape index (κ2) is 9.28. The third kappa shape index (κ3) is 5.11. The van der Waals surface area contributed by atoms with Crippen LogP contribution >= 0.6 is 11.8 Å². The lowest BCUT2D eigenvalue weighted by Gasteiger charge is -2.31. The molecule has 1 saturated carbocycles. The number of nitrogens with zero attached hydrogens (tertiary/aromatic N) is 4. The molecule has 0 aromatic carbocycles. The van der Waals surface area contributed by atoms with Gasteiger partial charge in [0.1, 0.15) is 0 Å². The highest BCUT2D eigenvalue weighted by Gasteiger charge is 2.32. The fraction of sp³-hybridized carbons (Fsp3) is 0.619. The molecule has 0 bridgehead atoms. The zero-order valence-corrected chi connectivity index (χ0v) is 19.5. The maximum atomic E-state index is 12.7. The largest absolute Gasteiger partial charge is 0.351 e. The molecule has 0 spiro atoms. The minimum absolute atomic E-state index is 0.0249. The molecule has 31 heavy (non-hydrogen) atoms. The van der Waals surface area contributed by atoms with Gasteiger partial charge in [0.2, 0.25) is 5.91 Å². The summed E-state index contributed by atoms with van der Waals surface area (Å²) in [5.41, 5.74) is 0.910. The van der Waals surface area contributed by atoms with Gasteiger partial charge in [0.25, 0.3) is 0 Å². The van der Waals surface area contributed by atoms with Gasteiger partial charge in [-0.3, -0.25) is 14.3 Å². The lowest BCUT2D eigenvalue weighted by atomic mass is 9.85. The van der Waals surface area contributed by atoms with Gasteiger partial charge in [0, 0.05) is 30.0 Å². The number of amides is 1. The molecule has 3 heterocycles. The molecule has 8 nitrogen and oxygen atoms in total. The van der Waals surface area contributed by atoms with E-state index in [4.69, 9.17) is 0 Å². The van der Waals surface area contributed by atoms with E-state index in [2.05, 4.69) is 32.0 Å². The van der Waals surface area contributed by atoms with E-state index in [1.54, 1.807) is 12.4 Å². The lowest BCUT2D eigenvalue weighted by molar-refractivity contribution is -0.120. The molecule has 1 N–H and O–H groups in total. The summed E-state index contributed by atoms with van der Waals surface area (Å²) in [6.45, 7) is 4.10. The van der Waals surface area contributed by atoms with Crippen molar-refractivity contribution in [2.24, 2.45) is 5.92 Å². The van der Waals surface area contributed by atoms with Crippen LogP contribution in [0.5, 0.6) is 0 Å². The van der Waals surface area contributed by atoms with Crippen molar-refractivity contribution in [2.75, 3.05) is 11.5 Å². The third-order valence-electron chi connectivity index (χ3n) is 6.21. The van der Waals surface area contributed by atoms with E-state index in [1.807, 2.05) is 19.1 Å². The molecule has 2 aromatic rings. The van der Waals surface area contributed by atoms with Gasteiger partial charge in [0.05, 0.1) is 16.8 Å². The average Bonchev–Trinajstić information content (AvgIpc) is 3.31. The van der Waals surface area contributed by atoms with E-state index >= 15 is 0 Å². The van der Waals surface area contributed by atoms with Gasteiger partial charge >= 0.3 is 0 Å². The van der Waals surface area contributed by atoms with Gasteiger partial charge in [-0.25, -0.2) is 8.42 Å². The summed E-state index contributed by atoms with van der Waals surface area (Å²) >= 11 is 1.38. The summed E-state index contributed by atoms with van der Waals surface area (Å²) in [7, 11) is -3.03. The van der Waals surface area contributed by atoms with Crippen molar-refractivity contribution >= 4 is 27.5 Å². The van der Waals surface area contributed by atoms with Crippen molar-refractivity contribution < 1.29 is 13.2 Å². The SMILES string of the molecule is C[C@H](Sc1nnc(-c2cccnc2)n1[C@@H]1CCCC[C@@H]1C)C(=O)N[C@H]1CCS(=O)(=O)C1. The Morgan fingerprint density at radius 2 is 2.06 bits per heavy atom. The monoisotopic (exact) mass is 463 g/mol. The molecule has 2 fully saturated rings. The predicted molar refractivity (Wildman–Crippen MR) is 120 cm³/mol. The Morgan fingerprint density at radius 1 is 1.26 bits per heavy atom. The Bertz CT molecular complexity index is 1020. The number of rotatable bonds is 6. The fourth-order valence-electron chi connectivity index (χ4n) is 4.47. The first-order chi connectivity index (χ1) is 14.8. The maximum absolute atomic E-state index is 12.7. The van der Waals surface area contributed by atoms with E-state index in [1.165, 1.54) is 18.2 Å². The standard InChI is InChI=1S/C21H29N5O3S2/c1-14-6-3-4-8-18(14)26-19(16-7-5-10-22-12-16)24-25-21(26)30-15(2)20(27)23-17-9-11-31(28,29)13-17/h5,7,10,12,14-15,17-18H,3-4,6,8-9,11,13H2,1-2H3,(H,23,27)/t14-,15-,17-,18+/m0/s1. The van der Waals surface area contributed by atoms with E-state index < -0.39 is 15.1 Å². The number of pyridine rings is 1. The van der Waals surface area contributed by atoms with Gasteiger partial charge in [-0.1, -0.05) is 31.5 Å². The van der Waals surface area contributed by atoms with Gasteiger partial charge in [-0.15, -0.1) is 10.2 Å². The molecule has 0 radical (unpaired) electrons. The zero-order valence-electron chi connectivity index (χ0n) is 17.9. The number of nitrogens with one attached hydrogen (secondary N) is 1. The zero-order chi connectivity index (χ0) is 22.0. The molecule has 1 aliphatic heterocycles. The highest BCUT2D eigenvalue weighted by molar-refractivity contribution is 8.00. The molecule has 0 unspecified atom stereocenters. The van der Waals surface area contributed by atoms with E-state index in [0.29, 0.717) is 12.3 Å². The Balaban J connectivity index is 1.56. The number of hydrogen-bond acceptors (Lipinski definition) is 7. The number of hydrogen-bond donors (Lipinski definition) is 1. The summed E-state index contributed by atoms with van der Waals surface area (Å²) < 4.78 is 25.6. The first-order valence-corrected chi connectivity index (χ1v) is 13.6. The van der Waals surface area contributed by atoms with Crippen LogP contribution in [-0.2, 0) is 14.6 Å². The van der Waals surface area contributed by atoms with Crippen molar-refractivity contribution in [2.45, 2.75) is 68.4 Å². The minimum Gasteiger partial charge on any atom is -0.351 e. The number of carbonyl (C=O) groups is 1. The van der Waals surface area contributed by atoms with Crippen LogP contribution in [0.2, 0.25) is 0 Å². The Kier molecular flexibility index (Phi) is 6.66. The van der Waals surface area contributed by atoms with Crippen LogP contribution in [0.15, 0.2) is 29.7 Å². The first-order valence-electron chi connectivity index (χ1n) is 10.9. The normalized spacial score (nSPS) is 26.5. The highest BCUT2D eigenvalue weighted by Crippen LogP contribution is 2.39. The number of aromatic nitrogens is 4. The molecule has 1 amide bonds. The van der Waals surface area contributed by atoms with E-state index in [0.717, 1.165) is 35.8 Å². The number of sulfone groups is 1. The second-order valence-corrected chi connectivity index (χ2v) is 12.2. The first kappa shape index (κ1) is 22.3. The smallest absolute Gasteiger partial charge is 0.233 e. The van der Waals surface area contributed by atoms with Gasteiger partial charge in [-0.05, 0) is 44.2 Å². The molecule has 1 aliphatic carbocycles. The van der Waals surface area contributed by atoms with Crippen LogP contribution in [0.3, 0.4) is 0 Å². The van der Waals surface area contributed by atoms with Crippen molar-refractivity contribution in [3.05, 3.63) is 24.5 Å². The maximum Gasteiger partial charge on any atom is 0.233 e. The predicted octanol–water partition coefficient (Wildman–Crippen LogP) is 2.88. The van der Waals surface area contributed by atoms with Crippen molar-refractivity contribution in [1.29, 1.82) is 0 Å². The van der Waals surface area contributed by atoms with Crippen molar-refractivity contribution in [1.82, 2.24) is 25.1 Å². The molecule has 2 aliphatic rings. The topological polar surface area (TPSA) is 107 Å². The minimum atomic E-state index is -3.03. The summed E-state index contributed by atoms with van der Waals surface area (Å²) in [6.07, 6.45) is 8.61. The van der Waals surface area contributed by atoms with Crippen LogP contribution in [0.4, 0.5) is 0 Å². The molecule has 4 rings (SSSR count). The molecular weight excluding hydrogens is 434 g/mol. The number of thioether (sulfide) groups is 1. The average molecular weight is 464 g/mol. The van der Waals surface area contributed by atoms with Crippen LogP contribution in [-0.4, -0.2) is 56.9 Å². The van der Waals surface area contributed by atoms with Crippen molar-refractivity contribution in [3.8, 4) is 11.4 Å². The third-order valence-corrected chi connectivity index (χ3v) is 9.04. The Hall–Kier alpha value is -1.94. The van der Waals surface area contributed by atoms with Crippen LogP contribution < -0.4 is 5.32 Å². The number of carbonyl (C=O) groups excluding carboxylic acids is 1. The van der Waals surface area contributed by atoms with Gasteiger partial charge in [0.15, 0.2) is 20.8 Å². The van der Waals surface area contributed by atoms with Crippen molar-refractivity contribution in [3.63, 3.8) is 0 Å². The highest BCUT2D eigenvalue weighted by atomic mass is 32.2. The summed E-state index contributed by atoms with van der Waals surface area (Å²) in [4.78, 5) is 17.0. The van der Waals surface area contributed by atoms with Crippen LogP contribution in [0.25, 0.3) is 11.4 Å². The molecule has 168 valence electrons. The van der Waals surface area contributed by atoms with Crippen LogP contribution in [0.1, 0.15) is 52.0 Å². The van der Waals surface area contributed by atoms with Gasteiger partial charge in [-0.2, -0.15) is 0 Å². The summed E-state index contributed by atoms with van der Waals surface area (Å²) in [5.74, 6) is 1.27. The molecule has 4 atom stereocenters. The molecule has 10 heteroatoms. The Labute approximate surface area is 187 Å². The summed E-state index contributed by atoms with van der Waals surface area (Å²) in [5, 5.41) is 12.1. The van der Waals surface area contributed by atoms with E-state index in [-0.39, 0.29) is 29.5 Å². The van der Waals surface area contributed by atoms with Crippen LogP contribution in [0, 0.1) is 5.92 Å². The molecular formula is C21H29N5O3S2. The second-order valence-electron chi connectivity index (χ2n) is 8.62. The fourth-order valence-corrected chi connectivity index (χ4v) is 7.06. The van der Waals surface area contributed by atoms with Gasteiger partial charge < -0.3 is 5.32 Å². The van der Waals surface area contributed by atoms with E-state index in [9.17, 15) is 13.2 Å². The Morgan fingerprint density at radius 3 is 2.74 bits per heavy atom. The lowest BCUT2D eigenvalue weighted by Crippen LogP contribution is -2.40. The quantitative estimate of drug-likeness (QED) is 0.657. The molecule has 1 saturated heterocycles. The summed E-state index contributed by atoms with van der Waals surface area (Å²) in [6, 6.07) is 3.84.